The molecule has 20 heavy (non-hydrogen) atoms. The van der Waals surface area contributed by atoms with Crippen LogP contribution in [0.4, 0.5) is 11.4 Å². The highest BCUT2D eigenvalue weighted by molar-refractivity contribution is 9.11. The average Bonchev–Trinajstić information content (AvgIpc) is 2.79. The van der Waals surface area contributed by atoms with E-state index in [0.29, 0.717) is 0 Å². The Labute approximate surface area is 130 Å². The van der Waals surface area contributed by atoms with Gasteiger partial charge in [0, 0.05) is 20.1 Å². The van der Waals surface area contributed by atoms with Crippen LogP contribution in [0.1, 0.15) is 15.2 Å². The lowest BCUT2D eigenvalue weighted by atomic mass is 10.1. The van der Waals surface area contributed by atoms with E-state index in [2.05, 4.69) is 33.9 Å². The number of amides is 1. The predicted octanol–water partition coefficient (Wildman–Crippen LogP) is 3.92. The van der Waals surface area contributed by atoms with Crippen LogP contribution in [0.3, 0.4) is 0 Å². The Hall–Kier alpha value is -1.33. The number of nitrogens with zero attached hydrogens (tertiary/aromatic N) is 2. The van der Waals surface area contributed by atoms with Crippen molar-refractivity contribution < 1.29 is 4.79 Å². The molecule has 0 unspecified atom stereocenters. The normalized spacial score (nSPS) is 14.3. The lowest BCUT2D eigenvalue weighted by molar-refractivity contribution is 0.0990. The molecule has 0 saturated carbocycles. The Morgan fingerprint density at radius 3 is 2.60 bits per heavy atom. The van der Waals surface area contributed by atoms with Gasteiger partial charge < -0.3 is 9.80 Å². The highest BCUT2D eigenvalue weighted by atomic mass is 79.9. The van der Waals surface area contributed by atoms with Crippen molar-refractivity contribution in [3.8, 4) is 0 Å². The molecule has 1 aliphatic heterocycles. The highest BCUT2D eigenvalue weighted by Crippen LogP contribution is 2.35. The van der Waals surface area contributed by atoms with Crippen molar-refractivity contribution in [1.29, 1.82) is 0 Å². The zero-order valence-electron chi connectivity index (χ0n) is 11.4. The van der Waals surface area contributed by atoms with Crippen LogP contribution in [0.15, 0.2) is 34.1 Å². The van der Waals surface area contributed by atoms with Crippen molar-refractivity contribution in [2.24, 2.45) is 0 Å². The van der Waals surface area contributed by atoms with Gasteiger partial charge in [-0.05, 0) is 46.6 Å². The Morgan fingerprint density at radius 2 is 1.95 bits per heavy atom. The van der Waals surface area contributed by atoms with Gasteiger partial charge >= 0.3 is 0 Å². The quantitative estimate of drug-likeness (QED) is 0.778. The fourth-order valence-electron chi connectivity index (χ4n) is 2.42. The molecule has 0 fully saturated rings. The second kappa shape index (κ2) is 5.22. The van der Waals surface area contributed by atoms with E-state index in [9.17, 15) is 4.79 Å². The van der Waals surface area contributed by atoms with Crippen LogP contribution < -0.4 is 9.80 Å². The average molecular weight is 351 g/mol. The topological polar surface area (TPSA) is 23.6 Å². The molecule has 1 aromatic carbocycles. The van der Waals surface area contributed by atoms with Crippen LogP contribution in [-0.2, 0) is 0 Å². The number of benzene rings is 1. The number of hydrogen-bond acceptors (Lipinski definition) is 3. The van der Waals surface area contributed by atoms with E-state index in [1.54, 1.807) is 0 Å². The summed E-state index contributed by atoms with van der Waals surface area (Å²) in [7, 11) is 2.06. The van der Waals surface area contributed by atoms with Crippen molar-refractivity contribution in [1.82, 2.24) is 0 Å². The molecule has 2 aromatic rings. The molecule has 0 radical (unpaired) electrons. The molecule has 5 heteroatoms. The van der Waals surface area contributed by atoms with Crippen molar-refractivity contribution >= 4 is 44.5 Å². The first-order valence-electron chi connectivity index (χ1n) is 6.46. The molecule has 0 spiro atoms. The van der Waals surface area contributed by atoms with Crippen LogP contribution in [0, 0.1) is 6.92 Å². The number of para-hydroxylation sites is 2. The third-order valence-corrected chi connectivity index (χ3v) is 5.68. The number of thiophene rings is 1. The molecule has 1 aromatic heterocycles. The van der Waals surface area contributed by atoms with Gasteiger partial charge in [0.05, 0.1) is 20.0 Å². The number of aryl methyl sites for hydroxylation is 1. The largest absolute Gasteiger partial charge is 0.371 e. The van der Waals surface area contributed by atoms with Crippen LogP contribution in [-0.4, -0.2) is 26.0 Å². The third-order valence-electron chi connectivity index (χ3n) is 3.56. The summed E-state index contributed by atoms with van der Waals surface area (Å²) in [6.07, 6.45) is 0. The summed E-state index contributed by atoms with van der Waals surface area (Å²) >= 11 is 4.99. The van der Waals surface area contributed by atoms with Gasteiger partial charge in [0.1, 0.15) is 0 Å². The fourth-order valence-corrected chi connectivity index (χ4v) is 3.90. The van der Waals surface area contributed by atoms with Gasteiger partial charge in [-0.15, -0.1) is 11.3 Å². The number of likely N-dealkylation sites (N-methyl/N-ethyl adjacent to an activating group) is 1. The monoisotopic (exact) mass is 350 g/mol. The number of anilines is 2. The predicted molar refractivity (Wildman–Crippen MR) is 88.1 cm³/mol. The number of hydrogen-bond donors (Lipinski definition) is 0. The first-order chi connectivity index (χ1) is 9.58. The molecule has 2 heterocycles. The van der Waals surface area contributed by atoms with E-state index in [1.165, 1.54) is 11.3 Å². The maximum Gasteiger partial charge on any atom is 0.268 e. The van der Waals surface area contributed by atoms with E-state index < -0.39 is 0 Å². The van der Waals surface area contributed by atoms with E-state index in [1.807, 2.05) is 36.1 Å². The highest BCUT2D eigenvalue weighted by Gasteiger charge is 2.26. The van der Waals surface area contributed by atoms with E-state index in [-0.39, 0.29) is 5.91 Å². The third kappa shape index (κ3) is 2.25. The SMILES string of the molecule is Cc1cc(C(=O)N2CCN(C)c3ccccc32)sc1Br. The minimum Gasteiger partial charge on any atom is -0.371 e. The Bertz CT molecular complexity index is 648. The Balaban J connectivity index is 1.99. The molecular weight excluding hydrogens is 336 g/mol. The molecule has 3 nitrogen and oxygen atoms in total. The summed E-state index contributed by atoms with van der Waals surface area (Å²) in [4.78, 5) is 17.6. The van der Waals surface area contributed by atoms with Gasteiger partial charge in [0.15, 0.2) is 0 Å². The van der Waals surface area contributed by atoms with Gasteiger partial charge in [-0.25, -0.2) is 0 Å². The van der Waals surface area contributed by atoms with E-state index in [4.69, 9.17) is 0 Å². The fraction of sp³-hybridized carbons (Fsp3) is 0.267. The van der Waals surface area contributed by atoms with Crippen molar-refractivity contribution in [2.75, 3.05) is 29.9 Å². The second-order valence-corrected chi connectivity index (χ2v) is 7.30. The second-order valence-electron chi connectivity index (χ2n) is 4.93. The van der Waals surface area contributed by atoms with Gasteiger partial charge in [0.25, 0.3) is 5.91 Å². The maximum atomic E-state index is 12.7. The molecule has 1 amide bonds. The summed E-state index contributed by atoms with van der Waals surface area (Å²) in [5.74, 6) is 0.0874. The molecule has 104 valence electrons. The zero-order chi connectivity index (χ0) is 14.3. The number of fused-ring (bicyclic) bond motifs is 1. The summed E-state index contributed by atoms with van der Waals surface area (Å²) in [6, 6.07) is 10.0. The number of carbonyl (C=O) groups is 1. The van der Waals surface area contributed by atoms with Gasteiger partial charge in [-0.2, -0.15) is 0 Å². The molecule has 0 aliphatic carbocycles. The molecule has 0 atom stereocenters. The smallest absolute Gasteiger partial charge is 0.268 e. The van der Waals surface area contributed by atoms with Crippen LogP contribution in [0.5, 0.6) is 0 Å². The van der Waals surface area contributed by atoms with E-state index >= 15 is 0 Å². The molecule has 3 rings (SSSR count). The van der Waals surface area contributed by atoms with Crippen LogP contribution in [0.2, 0.25) is 0 Å². The summed E-state index contributed by atoms with van der Waals surface area (Å²) in [5.41, 5.74) is 3.22. The maximum absolute atomic E-state index is 12.7. The standard InChI is InChI=1S/C15H15BrN2OS/c1-10-9-13(20-14(10)16)15(19)18-8-7-17(2)11-5-3-4-6-12(11)18/h3-6,9H,7-8H2,1-2H3. The van der Waals surface area contributed by atoms with E-state index in [0.717, 1.165) is 38.7 Å². The lowest BCUT2D eigenvalue weighted by Crippen LogP contribution is -2.42. The zero-order valence-corrected chi connectivity index (χ0v) is 13.8. The minimum absolute atomic E-state index is 0.0874. The van der Waals surface area contributed by atoms with Crippen LogP contribution >= 0.6 is 27.3 Å². The Kier molecular flexibility index (Phi) is 3.56. The summed E-state index contributed by atoms with van der Waals surface area (Å²) in [6.45, 7) is 3.59. The van der Waals surface area contributed by atoms with Crippen LogP contribution in [0.25, 0.3) is 0 Å². The number of halogens is 1. The van der Waals surface area contributed by atoms with Crippen molar-refractivity contribution in [3.05, 3.63) is 44.6 Å². The molecular formula is C15H15BrN2OS. The molecule has 1 aliphatic rings. The minimum atomic E-state index is 0.0874. The van der Waals surface area contributed by atoms with Gasteiger partial charge in [-0.3, -0.25) is 4.79 Å². The molecule has 0 N–H and O–H groups in total. The van der Waals surface area contributed by atoms with Crippen molar-refractivity contribution in [3.63, 3.8) is 0 Å². The van der Waals surface area contributed by atoms with Crippen molar-refractivity contribution in [2.45, 2.75) is 6.92 Å². The van der Waals surface area contributed by atoms with Gasteiger partial charge in [0.2, 0.25) is 0 Å². The lowest BCUT2D eigenvalue weighted by Gasteiger charge is -2.35. The molecule has 0 bridgehead atoms. The summed E-state index contributed by atoms with van der Waals surface area (Å²) < 4.78 is 1.03. The Morgan fingerprint density at radius 1 is 1.25 bits per heavy atom. The summed E-state index contributed by atoms with van der Waals surface area (Å²) in [5, 5.41) is 0. The van der Waals surface area contributed by atoms with Gasteiger partial charge in [-0.1, -0.05) is 12.1 Å². The number of carbonyl (C=O) groups excluding carboxylic acids is 1. The number of rotatable bonds is 1. The first kappa shape index (κ1) is 13.6. The first-order valence-corrected chi connectivity index (χ1v) is 8.07. The molecule has 0 saturated heterocycles.